The smallest absolute Gasteiger partial charge is 0.136 e. The Bertz CT molecular complexity index is 1220. The van der Waals surface area contributed by atoms with Gasteiger partial charge in [-0.2, -0.15) is 0 Å². The second-order valence-electron chi connectivity index (χ2n) is 9.84. The molecule has 0 saturated heterocycles. The van der Waals surface area contributed by atoms with Gasteiger partial charge in [0.15, 0.2) is 0 Å². The van der Waals surface area contributed by atoms with Crippen LogP contribution in [0.15, 0.2) is 79.3 Å². The lowest BCUT2D eigenvalue weighted by Crippen LogP contribution is -2.37. The van der Waals surface area contributed by atoms with E-state index in [-0.39, 0.29) is 0 Å². The van der Waals surface area contributed by atoms with Crippen LogP contribution < -0.4 is 4.90 Å². The molecule has 0 radical (unpaired) electrons. The Balaban J connectivity index is 1.31. The lowest BCUT2D eigenvalue weighted by Gasteiger charge is -2.37. The summed E-state index contributed by atoms with van der Waals surface area (Å²) in [5.74, 6) is 1.05. The highest BCUT2D eigenvalue weighted by atomic mass is 15.2. The van der Waals surface area contributed by atoms with Crippen molar-refractivity contribution in [2.75, 3.05) is 18.0 Å². The SMILES string of the molecule is C=C(CN1C(=C)CCc2cc(Cc3ccc(C)cc3)cnc21)N1CCc2ccc(CC)cc2C1. The van der Waals surface area contributed by atoms with E-state index in [0.29, 0.717) is 0 Å². The summed E-state index contributed by atoms with van der Waals surface area (Å²) in [7, 11) is 0. The van der Waals surface area contributed by atoms with Gasteiger partial charge in [-0.1, -0.05) is 74.2 Å². The first kappa shape index (κ1) is 22.5. The molecule has 3 heterocycles. The van der Waals surface area contributed by atoms with Crippen molar-refractivity contribution in [1.82, 2.24) is 9.88 Å². The molecule has 0 fully saturated rings. The standard InChI is InChI=1S/C31H35N3/c1-5-25-11-13-28-14-15-33(21-30(28)17-25)24(4)20-34-23(3)8-12-29-18-27(19-32-31(29)34)16-26-9-6-22(2)7-10-26/h6-7,9-11,13,17-19H,3-5,8,12,14-16,20-21H2,1-2H3. The molecule has 3 nitrogen and oxygen atoms in total. The number of fused-ring (bicyclic) bond motifs is 2. The van der Waals surface area contributed by atoms with Crippen molar-refractivity contribution in [3.63, 3.8) is 0 Å². The molecule has 0 saturated carbocycles. The molecule has 0 spiro atoms. The fourth-order valence-electron chi connectivity index (χ4n) is 5.15. The van der Waals surface area contributed by atoms with Gasteiger partial charge in [0, 0.05) is 30.7 Å². The van der Waals surface area contributed by atoms with E-state index in [1.807, 2.05) is 6.20 Å². The Morgan fingerprint density at radius 2 is 1.68 bits per heavy atom. The van der Waals surface area contributed by atoms with E-state index < -0.39 is 0 Å². The number of aromatic nitrogens is 1. The first-order valence-corrected chi connectivity index (χ1v) is 12.5. The molecule has 0 unspecified atom stereocenters. The minimum atomic E-state index is 0.749. The van der Waals surface area contributed by atoms with Crippen molar-refractivity contribution in [2.24, 2.45) is 0 Å². The van der Waals surface area contributed by atoms with Crippen LogP contribution in [0.25, 0.3) is 0 Å². The number of aryl methyl sites for hydroxylation is 3. The van der Waals surface area contributed by atoms with Gasteiger partial charge >= 0.3 is 0 Å². The van der Waals surface area contributed by atoms with Gasteiger partial charge in [-0.15, -0.1) is 0 Å². The van der Waals surface area contributed by atoms with Gasteiger partial charge < -0.3 is 9.80 Å². The maximum absolute atomic E-state index is 4.93. The normalized spacial score (nSPS) is 15.2. The summed E-state index contributed by atoms with van der Waals surface area (Å²) >= 11 is 0. The first-order valence-electron chi connectivity index (χ1n) is 12.5. The fourth-order valence-corrected chi connectivity index (χ4v) is 5.15. The maximum Gasteiger partial charge on any atom is 0.136 e. The Hall–Kier alpha value is -3.33. The third kappa shape index (κ3) is 4.65. The van der Waals surface area contributed by atoms with Gasteiger partial charge in [-0.05, 0) is 72.4 Å². The van der Waals surface area contributed by atoms with E-state index >= 15 is 0 Å². The third-order valence-electron chi connectivity index (χ3n) is 7.33. The number of rotatable bonds is 6. The van der Waals surface area contributed by atoms with Crippen LogP contribution in [-0.4, -0.2) is 23.0 Å². The molecule has 2 aliphatic heterocycles. The van der Waals surface area contributed by atoms with Gasteiger partial charge in [0.05, 0.1) is 6.54 Å². The highest BCUT2D eigenvalue weighted by molar-refractivity contribution is 5.57. The van der Waals surface area contributed by atoms with E-state index in [0.717, 1.165) is 69.0 Å². The number of hydrogen-bond donors (Lipinski definition) is 0. The van der Waals surface area contributed by atoms with Crippen LogP contribution in [0, 0.1) is 6.92 Å². The van der Waals surface area contributed by atoms with Crippen molar-refractivity contribution in [3.05, 3.63) is 118 Å². The minimum absolute atomic E-state index is 0.749. The summed E-state index contributed by atoms with van der Waals surface area (Å²) in [4.78, 5) is 9.65. The fraction of sp³-hybridized carbons (Fsp3) is 0.323. The van der Waals surface area contributed by atoms with Gasteiger partial charge in [0.25, 0.3) is 0 Å². The highest BCUT2D eigenvalue weighted by Crippen LogP contribution is 2.33. The molecule has 0 N–H and O–H groups in total. The van der Waals surface area contributed by atoms with Crippen molar-refractivity contribution < 1.29 is 0 Å². The number of nitrogens with zero attached hydrogens (tertiary/aromatic N) is 3. The van der Waals surface area contributed by atoms with Crippen LogP contribution in [-0.2, 0) is 32.2 Å². The van der Waals surface area contributed by atoms with Crippen molar-refractivity contribution >= 4 is 5.82 Å². The Morgan fingerprint density at radius 1 is 0.912 bits per heavy atom. The zero-order chi connectivity index (χ0) is 23.7. The molecule has 0 atom stereocenters. The summed E-state index contributed by atoms with van der Waals surface area (Å²) in [6.45, 7) is 15.9. The number of benzene rings is 2. The maximum atomic E-state index is 4.93. The molecule has 3 heteroatoms. The van der Waals surface area contributed by atoms with E-state index in [2.05, 4.69) is 85.3 Å². The molecule has 0 amide bonds. The van der Waals surface area contributed by atoms with Gasteiger partial charge in [-0.25, -0.2) is 4.98 Å². The van der Waals surface area contributed by atoms with Crippen LogP contribution in [0.2, 0.25) is 0 Å². The quantitative estimate of drug-likeness (QED) is 0.435. The van der Waals surface area contributed by atoms with Gasteiger partial charge in [0.1, 0.15) is 5.82 Å². The van der Waals surface area contributed by atoms with Crippen LogP contribution >= 0.6 is 0 Å². The second-order valence-corrected chi connectivity index (χ2v) is 9.84. The molecule has 2 aliphatic rings. The topological polar surface area (TPSA) is 19.4 Å². The molecule has 1 aromatic heterocycles. The summed E-state index contributed by atoms with van der Waals surface area (Å²) in [6.07, 6.45) is 7.09. The Kier molecular flexibility index (Phi) is 6.28. The number of pyridine rings is 1. The Morgan fingerprint density at radius 3 is 2.47 bits per heavy atom. The summed E-state index contributed by atoms with van der Waals surface area (Å²) in [6, 6.07) is 18.1. The molecule has 0 bridgehead atoms. The van der Waals surface area contributed by atoms with Crippen molar-refractivity contribution in [2.45, 2.75) is 52.5 Å². The Labute approximate surface area is 204 Å². The average molecular weight is 450 g/mol. The zero-order valence-corrected chi connectivity index (χ0v) is 20.6. The molecule has 5 rings (SSSR count). The predicted molar refractivity (Wildman–Crippen MR) is 142 cm³/mol. The number of hydrogen-bond acceptors (Lipinski definition) is 3. The average Bonchev–Trinajstić information content (AvgIpc) is 2.86. The van der Waals surface area contributed by atoms with E-state index in [4.69, 9.17) is 4.98 Å². The lowest BCUT2D eigenvalue weighted by molar-refractivity contribution is 0.318. The third-order valence-corrected chi connectivity index (χ3v) is 7.33. The molecule has 3 aromatic rings. The van der Waals surface area contributed by atoms with E-state index in [9.17, 15) is 0 Å². The zero-order valence-electron chi connectivity index (χ0n) is 20.6. The molecular formula is C31H35N3. The van der Waals surface area contributed by atoms with Crippen LogP contribution in [0.5, 0.6) is 0 Å². The largest absolute Gasteiger partial charge is 0.369 e. The van der Waals surface area contributed by atoms with Crippen molar-refractivity contribution in [3.8, 4) is 0 Å². The van der Waals surface area contributed by atoms with Crippen LogP contribution in [0.3, 0.4) is 0 Å². The van der Waals surface area contributed by atoms with Crippen molar-refractivity contribution in [1.29, 1.82) is 0 Å². The van der Waals surface area contributed by atoms with E-state index in [1.54, 1.807) is 0 Å². The summed E-state index contributed by atoms with van der Waals surface area (Å²) in [5.41, 5.74) is 11.8. The molecular weight excluding hydrogens is 414 g/mol. The van der Waals surface area contributed by atoms with Crippen LogP contribution in [0.1, 0.15) is 52.3 Å². The summed E-state index contributed by atoms with van der Waals surface area (Å²) in [5, 5.41) is 0. The molecule has 34 heavy (non-hydrogen) atoms. The monoisotopic (exact) mass is 449 g/mol. The van der Waals surface area contributed by atoms with E-state index in [1.165, 1.54) is 38.9 Å². The molecule has 2 aromatic carbocycles. The minimum Gasteiger partial charge on any atom is -0.369 e. The molecule has 0 aliphatic carbocycles. The predicted octanol–water partition coefficient (Wildman–Crippen LogP) is 6.38. The summed E-state index contributed by atoms with van der Waals surface area (Å²) < 4.78 is 0. The molecule has 174 valence electrons. The van der Waals surface area contributed by atoms with Crippen LogP contribution in [0.4, 0.5) is 5.82 Å². The van der Waals surface area contributed by atoms with Gasteiger partial charge in [-0.3, -0.25) is 0 Å². The lowest BCUT2D eigenvalue weighted by atomic mass is 9.96. The van der Waals surface area contributed by atoms with Gasteiger partial charge in [0.2, 0.25) is 0 Å². The number of allylic oxidation sites excluding steroid dienone is 1. The highest BCUT2D eigenvalue weighted by Gasteiger charge is 2.25. The number of anilines is 1. The first-order chi connectivity index (χ1) is 16.5. The second kappa shape index (κ2) is 9.50.